The molecule has 2 aromatic carbocycles. The summed E-state index contributed by atoms with van der Waals surface area (Å²) in [6.45, 7) is 1.14. The fourth-order valence-corrected chi connectivity index (χ4v) is 3.75. The second-order valence-electron chi connectivity index (χ2n) is 5.61. The summed E-state index contributed by atoms with van der Waals surface area (Å²) in [7, 11) is 0. The van der Waals surface area contributed by atoms with Gasteiger partial charge in [0.15, 0.2) is 0 Å². The largest absolute Gasteiger partial charge is 0.351 e. The van der Waals surface area contributed by atoms with Gasteiger partial charge in [-0.3, -0.25) is 9.48 Å². The third-order valence-corrected chi connectivity index (χ3v) is 5.47. The molecule has 0 aliphatic carbocycles. The highest BCUT2D eigenvalue weighted by Crippen LogP contribution is 2.29. The molecule has 0 aliphatic heterocycles. The van der Waals surface area contributed by atoms with Crippen molar-refractivity contribution in [1.82, 2.24) is 15.1 Å². The fourth-order valence-electron chi connectivity index (χ4n) is 2.43. The summed E-state index contributed by atoms with van der Waals surface area (Å²) in [5.74, 6) is 0.224. The highest BCUT2D eigenvalue weighted by atomic mass is 35.5. The van der Waals surface area contributed by atoms with Crippen molar-refractivity contribution in [1.29, 1.82) is 0 Å². The van der Waals surface area contributed by atoms with Crippen LogP contribution in [0.1, 0.15) is 11.1 Å². The molecule has 1 aromatic heterocycles. The highest BCUT2D eigenvalue weighted by Gasteiger charge is 2.08. The lowest BCUT2D eigenvalue weighted by atomic mass is 10.1. The Hall–Kier alpha value is -1.95. The quantitative estimate of drug-likeness (QED) is 0.582. The average molecular weight is 406 g/mol. The van der Waals surface area contributed by atoms with E-state index >= 15 is 0 Å². The molecule has 7 heteroatoms. The zero-order valence-electron chi connectivity index (χ0n) is 13.9. The molecule has 0 saturated heterocycles. The summed E-state index contributed by atoms with van der Waals surface area (Å²) in [4.78, 5) is 13.0. The Bertz CT molecular complexity index is 884. The van der Waals surface area contributed by atoms with Gasteiger partial charge >= 0.3 is 0 Å². The second-order valence-corrected chi connectivity index (χ2v) is 7.47. The minimum absolute atomic E-state index is 0.0556. The molecule has 26 heavy (non-hydrogen) atoms. The third kappa shape index (κ3) is 5.27. The number of aromatic nitrogens is 2. The van der Waals surface area contributed by atoms with E-state index in [0.29, 0.717) is 23.1 Å². The Labute approximate surface area is 166 Å². The molecule has 4 nitrogen and oxygen atoms in total. The summed E-state index contributed by atoms with van der Waals surface area (Å²) in [5.41, 5.74) is 2.20. The zero-order valence-corrected chi connectivity index (χ0v) is 16.2. The molecule has 3 rings (SSSR count). The molecule has 1 heterocycles. The predicted molar refractivity (Wildman–Crippen MR) is 107 cm³/mol. The number of nitrogens with one attached hydrogen (secondary N) is 1. The first kappa shape index (κ1) is 18.8. The Morgan fingerprint density at radius 1 is 1.12 bits per heavy atom. The first-order chi connectivity index (χ1) is 12.6. The van der Waals surface area contributed by atoms with Crippen LogP contribution in [0, 0.1) is 0 Å². The minimum Gasteiger partial charge on any atom is -0.351 e. The minimum atomic E-state index is -0.0556. The van der Waals surface area contributed by atoms with Gasteiger partial charge < -0.3 is 5.32 Å². The maximum absolute atomic E-state index is 12.2. The van der Waals surface area contributed by atoms with E-state index in [0.717, 1.165) is 16.0 Å². The third-order valence-electron chi connectivity index (χ3n) is 3.74. The van der Waals surface area contributed by atoms with Crippen molar-refractivity contribution < 1.29 is 4.79 Å². The van der Waals surface area contributed by atoms with Crippen molar-refractivity contribution in [3.05, 3.63) is 82.1 Å². The van der Waals surface area contributed by atoms with Crippen LogP contribution in [0.4, 0.5) is 0 Å². The van der Waals surface area contributed by atoms with Gasteiger partial charge in [0.2, 0.25) is 5.91 Å². The van der Waals surface area contributed by atoms with Crippen molar-refractivity contribution in [3.63, 3.8) is 0 Å². The van der Waals surface area contributed by atoms with E-state index in [4.69, 9.17) is 23.2 Å². The number of amides is 1. The SMILES string of the molecule is O=C(CSc1cc(Cl)ccc1Cl)NCc1ccccc1Cn1cccn1. The molecule has 3 aromatic rings. The number of nitrogens with zero attached hydrogens (tertiary/aromatic N) is 2. The van der Waals surface area contributed by atoms with Gasteiger partial charge in [-0.25, -0.2) is 0 Å². The highest BCUT2D eigenvalue weighted by molar-refractivity contribution is 8.00. The normalized spacial score (nSPS) is 10.7. The van der Waals surface area contributed by atoms with Crippen LogP contribution in [0.2, 0.25) is 10.0 Å². The number of rotatable bonds is 7. The van der Waals surface area contributed by atoms with E-state index in [9.17, 15) is 4.79 Å². The molecular formula is C19H17Cl2N3OS. The van der Waals surface area contributed by atoms with Gasteiger partial charge in [0.05, 0.1) is 17.3 Å². The van der Waals surface area contributed by atoms with Crippen molar-refractivity contribution in [2.24, 2.45) is 0 Å². The number of benzene rings is 2. The first-order valence-electron chi connectivity index (χ1n) is 8.00. The van der Waals surface area contributed by atoms with E-state index in [2.05, 4.69) is 10.4 Å². The predicted octanol–water partition coefficient (Wildman–Crippen LogP) is 4.65. The van der Waals surface area contributed by atoms with Crippen molar-refractivity contribution >= 4 is 40.9 Å². The first-order valence-corrected chi connectivity index (χ1v) is 9.75. The van der Waals surface area contributed by atoms with Gasteiger partial charge in [0.1, 0.15) is 0 Å². The van der Waals surface area contributed by atoms with Gasteiger partial charge in [-0.1, -0.05) is 47.5 Å². The maximum Gasteiger partial charge on any atom is 0.230 e. The van der Waals surface area contributed by atoms with Crippen molar-refractivity contribution in [2.45, 2.75) is 18.0 Å². The smallest absolute Gasteiger partial charge is 0.230 e. The molecule has 0 saturated carbocycles. The number of halogens is 2. The maximum atomic E-state index is 12.2. The number of carbonyl (C=O) groups is 1. The van der Waals surface area contributed by atoms with E-state index in [-0.39, 0.29) is 11.7 Å². The van der Waals surface area contributed by atoms with Gasteiger partial charge in [0, 0.05) is 28.9 Å². The van der Waals surface area contributed by atoms with Crippen LogP contribution in [0.3, 0.4) is 0 Å². The number of hydrogen-bond acceptors (Lipinski definition) is 3. The summed E-state index contributed by atoms with van der Waals surface area (Å²) in [5, 5.41) is 8.38. The van der Waals surface area contributed by atoms with Crippen LogP contribution in [-0.2, 0) is 17.9 Å². The van der Waals surface area contributed by atoms with Gasteiger partial charge in [-0.15, -0.1) is 11.8 Å². The van der Waals surface area contributed by atoms with Crippen LogP contribution in [0.25, 0.3) is 0 Å². The summed E-state index contributed by atoms with van der Waals surface area (Å²) < 4.78 is 1.86. The van der Waals surface area contributed by atoms with Crippen LogP contribution >= 0.6 is 35.0 Å². The molecule has 0 bridgehead atoms. The zero-order chi connectivity index (χ0) is 18.4. The molecular weight excluding hydrogens is 389 g/mol. The summed E-state index contributed by atoms with van der Waals surface area (Å²) >= 11 is 13.5. The molecule has 1 amide bonds. The number of hydrogen-bond donors (Lipinski definition) is 1. The van der Waals surface area contributed by atoms with Gasteiger partial charge in [-0.05, 0) is 35.4 Å². The molecule has 0 radical (unpaired) electrons. The lowest BCUT2D eigenvalue weighted by molar-refractivity contribution is -0.118. The molecule has 0 unspecified atom stereocenters. The molecule has 0 fully saturated rings. The second kappa shape index (κ2) is 9.12. The summed E-state index contributed by atoms with van der Waals surface area (Å²) in [6, 6.07) is 15.1. The molecule has 1 N–H and O–H groups in total. The van der Waals surface area contributed by atoms with Crippen LogP contribution in [0.5, 0.6) is 0 Å². The van der Waals surface area contributed by atoms with E-state index < -0.39 is 0 Å². The van der Waals surface area contributed by atoms with E-state index in [1.165, 1.54) is 11.8 Å². The molecule has 0 spiro atoms. The fraction of sp³-hybridized carbons (Fsp3) is 0.158. The van der Waals surface area contributed by atoms with Gasteiger partial charge in [0.25, 0.3) is 0 Å². The standard InChI is InChI=1S/C19H17Cl2N3OS/c20-16-6-7-17(21)18(10-16)26-13-19(25)22-11-14-4-1-2-5-15(14)12-24-9-3-8-23-24/h1-10H,11-13H2,(H,22,25). The van der Waals surface area contributed by atoms with Crippen LogP contribution in [-0.4, -0.2) is 21.4 Å². The molecule has 0 aliphatic rings. The number of thioether (sulfide) groups is 1. The Balaban J connectivity index is 1.55. The van der Waals surface area contributed by atoms with Gasteiger partial charge in [-0.2, -0.15) is 5.10 Å². The molecule has 134 valence electrons. The Kier molecular flexibility index (Phi) is 6.61. The molecule has 0 atom stereocenters. The van der Waals surface area contributed by atoms with Crippen LogP contribution in [0.15, 0.2) is 65.8 Å². The monoisotopic (exact) mass is 405 g/mol. The summed E-state index contributed by atoms with van der Waals surface area (Å²) in [6.07, 6.45) is 3.67. The number of carbonyl (C=O) groups excluding carboxylic acids is 1. The Morgan fingerprint density at radius 3 is 2.69 bits per heavy atom. The topological polar surface area (TPSA) is 46.9 Å². The average Bonchev–Trinajstić information content (AvgIpc) is 3.15. The van der Waals surface area contributed by atoms with E-state index in [1.54, 1.807) is 24.4 Å². The van der Waals surface area contributed by atoms with Crippen molar-refractivity contribution in [3.8, 4) is 0 Å². The van der Waals surface area contributed by atoms with Crippen LogP contribution < -0.4 is 5.32 Å². The Morgan fingerprint density at radius 2 is 1.92 bits per heavy atom. The lowest BCUT2D eigenvalue weighted by Crippen LogP contribution is -2.25. The lowest BCUT2D eigenvalue weighted by Gasteiger charge is -2.11. The van der Waals surface area contributed by atoms with E-state index in [1.807, 2.05) is 41.2 Å². The van der Waals surface area contributed by atoms with Crippen molar-refractivity contribution in [2.75, 3.05) is 5.75 Å².